The maximum atomic E-state index is 3.78. The zero-order valence-corrected chi connectivity index (χ0v) is 9.58. The summed E-state index contributed by atoms with van der Waals surface area (Å²) in [6.07, 6.45) is 7.44. The van der Waals surface area contributed by atoms with Crippen LogP contribution in [-0.2, 0) is 0 Å². The summed E-state index contributed by atoms with van der Waals surface area (Å²) in [4.78, 5) is 0. The summed E-state index contributed by atoms with van der Waals surface area (Å²) in [5, 5.41) is 0. The van der Waals surface area contributed by atoms with Gasteiger partial charge in [-0.1, -0.05) is 56.7 Å². The molecular formula is C15H20. The van der Waals surface area contributed by atoms with Crippen LogP contribution in [0.2, 0.25) is 0 Å². The molecule has 1 aromatic carbocycles. The average Bonchev–Trinajstić information content (AvgIpc) is 2.30. The van der Waals surface area contributed by atoms with Crippen LogP contribution in [0, 0.1) is 5.92 Å². The van der Waals surface area contributed by atoms with E-state index in [0.717, 1.165) is 11.8 Å². The first-order valence-electron chi connectivity index (χ1n) is 6.02. The Hall–Kier alpha value is -1.04. The molecule has 2 rings (SSSR count). The molecule has 0 saturated heterocycles. The first kappa shape index (κ1) is 10.5. The lowest BCUT2D eigenvalue weighted by Gasteiger charge is -2.26. The van der Waals surface area contributed by atoms with Crippen LogP contribution < -0.4 is 0 Å². The summed E-state index contributed by atoms with van der Waals surface area (Å²) in [6.45, 7) is 6.16. The predicted molar refractivity (Wildman–Crippen MR) is 66.9 cm³/mol. The summed E-state index contributed by atoms with van der Waals surface area (Å²) in [5.41, 5.74) is 2.75. The predicted octanol–water partition coefficient (Wildman–Crippen LogP) is 4.62. The Morgan fingerprint density at radius 3 is 2.20 bits per heavy atom. The molecule has 0 heteroatoms. The van der Waals surface area contributed by atoms with Gasteiger partial charge >= 0.3 is 0 Å². The van der Waals surface area contributed by atoms with Crippen LogP contribution in [0.5, 0.6) is 0 Å². The zero-order valence-electron chi connectivity index (χ0n) is 9.58. The van der Waals surface area contributed by atoms with Crippen molar-refractivity contribution in [2.24, 2.45) is 5.92 Å². The molecule has 0 unspecified atom stereocenters. The largest absolute Gasteiger partial charge is 0.0985 e. The summed E-state index contributed by atoms with van der Waals surface area (Å²) in [5.74, 6) is 1.74. The highest BCUT2D eigenvalue weighted by atomic mass is 14.2. The number of rotatable bonds is 2. The Kier molecular flexibility index (Phi) is 3.25. The van der Waals surface area contributed by atoms with Gasteiger partial charge in [0.05, 0.1) is 0 Å². The quantitative estimate of drug-likeness (QED) is 0.653. The second kappa shape index (κ2) is 4.65. The molecule has 0 amide bonds. The van der Waals surface area contributed by atoms with Gasteiger partial charge < -0.3 is 0 Å². The van der Waals surface area contributed by atoms with E-state index in [9.17, 15) is 0 Å². The average molecular weight is 200 g/mol. The lowest BCUT2D eigenvalue weighted by Crippen LogP contribution is -2.10. The molecular weight excluding hydrogens is 180 g/mol. The topological polar surface area (TPSA) is 0 Å². The fraction of sp³-hybridized carbons (Fsp3) is 0.467. The highest BCUT2D eigenvalue weighted by Crippen LogP contribution is 2.35. The van der Waals surface area contributed by atoms with Crippen LogP contribution in [0.15, 0.2) is 30.8 Å². The Bertz CT molecular complexity index is 312. The minimum absolute atomic E-state index is 0.806. The first-order valence-corrected chi connectivity index (χ1v) is 6.02. The van der Waals surface area contributed by atoms with Crippen LogP contribution >= 0.6 is 0 Å². The highest BCUT2D eigenvalue weighted by molar-refractivity contribution is 5.47. The molecule has 15 heavy (non-hydrogen) atoms. The van der Waals surface area contributed by atoms with Crippen LogP contribution in [0.3, 0.4) is 0 Å². The minimum atomic E-state index is 0.806. The van der Waals surface area contributed by atoms with Gasteiger partial charge in [-0.3, -0.25) is 0 Å². The van der Waals surface area contributed by atoms with Gasteiger partial charge in [0.25, 0.3) is 0 Å². The van der Waals surface area contributed by atoms with Gasteiger partial charge in [0.15, 0.2) is 0 Å². The molecule has 0 N–H and O–H groups in total. The molecule has 0 heterocycles. The third kappa shape index (κ3) is 2.50. The zero-order chi connectivity index (χ0) is 10.7. The second-order valence-electron chi connectivity index (χ2n) is 4.83. The van der Waals surface area contributed by atoms with Crippen LogP contribution in [0.25, 0.3) is 6.08 Å². The monoisotopic (exact) mass is 200 g/mol. The molecule has 1 fully saturated rings. The van der Waals surface area contributed by atoms with E-state index >= 15 is 0 Å². The van der Waals surface area contributed by atoms with E-state index < -0.39 is 0 Å². The summed E-state index contributed by atoms with van der Waals surface area (Å²) in [7, 11) is 0. The van der Waals surface area contributed by atoms with E-state index in [4.69, 9.17) is 0 Å². The van der Waals surface area contributed by atoms with Gasteiger partial charge in [0.2, 0.25) is 0 Å². The van der Waals surface area contributed by atoms with Crippen molar-refractivity contribution in [1.29, 1.82) is 0 Å². The second-order valence-corrected chi connectivity index (χ2v) is 4.83. The molecule has 0 bridgehead atoms. The molecule has 0 nitrogen and oxygen atoms in total. The molecule has 0 spiro atoms. The lowest BCUT2D eigenvalue weighted by atomic mass is 9.79. The maximum Gasteiger partial charge on any atom is -0.0162 e. The van der Waals surface area contributed by atoms with Crippen LogP contribution in [0.1, 0.15) is 49.7 Å². The third-order valence-corrected chi connectivity index (χ3v) is 3.66. The van der Waals surface area contributed by atoms with E-state index in [0.29, 0.717) is 0 Å². The number of hydrogen-bond acceptors (Lipinski definition) is 0. The van der Waals surface area contributed by atoms with Gasteiger partial charge in [-0.15, -0.1) is 0 Å². The van der Waals surface area contributed by atoms with Gasteiger partial charge in [-0.25, -0.2) is 0 Å². The first-order chi connectivity index (χ1) is 7.29. The third-order valence-electron chi connectivity index (χ3n) is 3.66. The number of benzene rings is 1. The molecule has 1 aliphatic carbocycles. The minimum Gasteiger partial charge on any atom is -0.0985 e. The van der Waals surface area contributed by atoms with Crippen molar-refractivity contribution in [3.05, 3.63) is 42.0 Å². The fourth-order valence-corrected chi connectivity index (χ4v) is 2.50. The molecule has 1 aliphatic rings. The standard InChI is InChI=1S/C15H20/c1-3-13-6-10-15(11-7-13)14-8-4-12(2)5-9-14/h3,6-7,10-12,14H,1,4-5,8-9H2,2H3. The van der Waals surface area contributed by atoms with Gasteiger partial charge in [0, 0.05) is 0 Å². The Balaban J connectivity index is 2.06. The van der Waals surface area contributed by atoms with Gasteiger partial charge in [-0.2, -0.15) is 0 Å². The maximum absolute atomic E-state index is 3.78. The summed E-state index contributed by atoms with van der Waals surface area (Å²) >= 11 is 0. The molecule has 0 aliphatic heterocycles. The molecule has 1 saturated carbocycles. The van der Waals surface area contributed by atoms with E-state index in [-0.39, 0.29) is 0 Å². The molecule has 0 aromatic heterocycles. The van der Waals surface area contributed by atoms with Crippen LogP contribution in [-0.4, -0.2) is 0 Å². The van der Waals surface area contributed by atoms with Crippen molar-refractivity contribution in [3.8, 4) is 0 Å². The normalized spacial score (nSPS) is 26.2. The number of hydrogen-bond donors (Lipinski definition) is 0. The van der Waals surface area contributed by atoms with E-state index in [1.807, 2.05) is 6.08 Å². The van der Waals surface area contributed by atoms with Crippen molar-refractivity contribution < 1.29 is 0 Å². The molecule has 0 radical (unpaired) electrons. The Morgan fingerprint density at radius 2 is 1.67 bits per heavy atom. The Labute approximate surface area is 93.0 Å². The fourth-order valence-electron chi connectivity index (χ4n) is 2.50. The van der Waals surface area contributed by atoms with Crippen molar-refractivity contribution >= 4 is 6.08 Å². The van der Waals surface area contributed by atoms with E-state index in [1.54, 1.807) is 0 Å². The van der Waals surface area contributed by atoms with Crippen molar-refractivity contribution in [2.45, 2.75) is 38.5 Å². The van der Waals surface area contributed by atoms with Gasteiger partial charge in [0.1, 0.15) is 0 Å². The van der Waals surface area contributed by atoms with Crippen molar-refractivity contribution in [1.82, 2.24) is 0 Å². The van der Waals surface area contributed by atoms with Crippen molar-refractivity contribution in [3.63, 3.8) is 0 Å². The highest BCUT2D eigenvalue weighted by Gasteiger charge is 2.19. The molecule has 80 valence electrons. The molecule has 1 aromatic rings. The summed E-state index contributed by atoms with van der Waals surface area (Å²) in [6, 6.07) is 8.91. The Morgan fingerprint density at radius 1 is 1.07 bits per heavy atom. The SMILES string of the molecule is C=Cc1ccc(C2CCC(C)CC2)cc1. The van der Waals surface area contributed by atoms with E-state index in [2.05, 4.69) is 37.8 Å². The van der Waals surface area contributed by atoms with Gasteiger partial charge in [-0.05, 0) is 35.8 Å². The summed E-state index contributed by atoms with van der Waals surface area (Å²) < 4.78 is 0. The smallest absolute Gasteiger partial charge is 0.0162 e. The lowest BCUT2D eigenvalue weighted by molar-refractivity contribution is 0.348. The van der Waals surface area contributed by atoms with Crippen molar-refractivity contribution in [2.75, 3.05) is 0 Å². The molecule has 0 atom stereocenters. The van der Waals surface area contributed by atoms with Crippen LogP contribution in [0.4, 0.5) is 0 Å². The van der Waals surface area contributed by atoms with E-state index in [1.165, 1.54) is 36.8 Å².